The molecule has 2 atom stereocenters. The summed E-state index contributed by atoms with van der Waals surface area (Å²) in [6, 6.07) is 0. The van der Waals surface area contributed by atoms with Gasteiger partial charge >= 0.3 is 5.97 Å². The Hall–Kier alpha value is -0.530. The predicted molar refractivity (Wildman–Crippen MR) is 68.6 cm³/mol. The van der Waals surface area contributed by atoms with Crippen molar-refractivity contribution in [3.05, 3.63) is 0 Å². The zero-order chi connectivity index (χ0) is 12.3. The Morgan fingerprint density at radius 3 is 2.41 bits per heavy atom. The van der Waals surface area contributed by atoms with E-state index in [-0.39, 0.29) is 18.0 Å². The van der Waals surface area contributed by atoms with E-state index in [4.69, 9.17) is 4.74 Å². The Bertz CT molecular complexity index is 254. The Morgan fingerprint density at radius 2 is 1.82 bits per heavy atom. The lowest BCUT2D eigenvalue weighted by Crippen LogP contribution is -2.35. The van der Waals surface area contributed by atoms with Gasteiger partial charge in [-0.15, -0.1) is 0 Å². The average Bonchev–Trinajstić information content (AvgIpc) is 2.31. The molecular formula is C15H26O2. The molecule has 1 aliphatic heterocycles. The highest BCUT2D eigenvalue weighted by molar-refractivity contribution is 5.73. The molecule has 0 spiro atoms. The van der Waals surface area contributed by atoms with Gasteiger partial charge in [-0.3, -0.25) is 4.79 Å². The normalized spacial score (nSPS) is 38.8. The van der Waals surface area contributed by atoms with Gasteiger partial charge in [0.05, 0.1) is 12.0 Å². The van der Waals surface area contributed by atoms with Crippen molar-refractivity contribution in [1.29, 1.82) is 0 Å². The summed E-state index contributed by atoms with van der Waals surface area (Å²) >= 11 is 0. The van der Waals surface area contributed by atoms with Gasteiger partial charge in [-0.05, 0) is 44.4 Å². The Morgan fingerprint density at radius 1 is 1.12 bits per heavy atom. The Kier molecular flexibility index (Phi) is 4.47. The summed E-state index contributed by atoms with van der Waals surface area (Å²) < 4.78 is 5.39. The van der Waals surface area contributed by atoms with E-state index < -0.39 is 0 Å². The molecule has 0 radical (unpaired) electrons. The number of hydrogen-bond acceptors (Lipinski definition) is 2. The number of ether oxygens (including phenoxy) is 1. The van der Waals surface area contributed by atoms with E-state index in [2.05, 4.69) is 6.92 Å². The molecule has 1 aliphatic carbocycles. The van der Waals surface area contributed by atoms with Crippen molar-refractivity contribution in [1.82, 2.24) is 0 Å². The van der Waals surface area contributed by atoms with Crippen molar-refractivity contribution in [3.8, 4) is 0 Å². The summed E-state index contributed by atoms with van der Waals surface area (Å²) in [7, 11) is 0. The molecule has 2 heteroatoms. The Balaban J connectivity index is 1.82. The maximum Gasteiger partial charge on any atom is 0.309 e. The minimum atomic E-state index is 0.0858. The molecule has 0 aromatic heterocycles. The van der Waals surface area contributed by atoms with Crippen molar-refractivity contribution in [2.45, 2.75) is 71.3 Å². The maximum absolute atomic E-state index is 11.9. The third-order valence-corrected chi connectivity index (χ3v) is 4.66. The molecule has 2 aliphatic rings. The van der Waals surface area contributed by atoms with Crippen LogP contribution in [0.1, 0.15) is 65.2 Å². The van der Waals surface area contributed by atoms with E-state index in [1.54, 1.807) is 0 Å². The lowest BCUT2D eigenvalue weighted by molar-refractivity contribution is -0.162. The van der Waals surface area contributed by atoms with Crippen LogP contribution >= 0.6 is 0 Å². The molecule has 0 amide bonds. The number of rotatable bonds is 3. The van der Waals surface area contributed by atoms with Crippen LogP contribution in [0.4, 0.5) is 0 Å². The van der Waals surface area contributed by atoms with Crippen LogP contribution < -0.4 is 0 Å². The zero-order valence-electron chi connectivity index (χ0n) is 11.3. The first-order valence-corrected chi connectivity index (χ1v) is 7.41. The molecule has 1 heterocycles. The molecule has 1 saturated carbocycles. The second-order valence-corrected chi connectivity index (χ2v) is 6.00. The van der Waals surface area contributed by atoms with Crippen molar-refractivity contribution in [3.63, 3.8) is 0 Å². The minimum Gasteiger partial charge on any atom is -0.462 e. The van der Waals surface area contributed by atoms with E-state index in [1.807, 2.05) is 6.92 Å². The number of esters is 1. The average molecular weight is 238 g/mol. The van der Waals surface area contributed by atoms with Crippen LogP contribution in [-0.4, -0.2) is 12.1 Å². The quantitative estimate of drug-likeness (QED) is 0.696. The van der Waals surface area contributed by atoms with Crippen LogP contribution in [0.3, 0.4) is 0 Å². The van der Waals surface area contributed by atoms with Gasteiger partial charge < -0.3 is 4.74 Å². The van der Waals surface area contributed by atoms with Gasteiger partial charge in [0.25, 0.3) is 0 Å². The van der Waals surface area contributed by atoms with Crippen LogP contribution in [0, 0.1) is 17.8 Å². The van der Waals surface area contributed by atoms with Gasteiger partial charge in [0, 0.05) is 0 Å². The third kappa shape index (κ3) is 3.23. The summed E-state index contributed by atoms with van der Waals surface area (Å²) in [6.45, 7) is 4.28. The fraction of sp³-hybridized carbons (Fsp3) is 0.933. The minimum absolute atomic E-state index is 0.0858. The highest BCUT2D eigenvalue weighted by atomic mass is 16.5. The molecule has 0 bridgehead atoms. The zero-order valence-corrected chi connectivity index (χ0v) is 11.3. The van der Waals surface area contributed by atoms with Crippen molar-refractivity contribution >= 4 is 5.97 Å². The lowest BCUT2D eigenvalue weighted by atomic mass is 9.73. The first-order chi connectivity index (χ1) is 8.20. The molecular weight excluding hydrogens is 212 g/mol. The largest absolute Gasteiger partial charge is 0.462 e. The van der Waals surface area contributed by atoms with Gasteiger partial charge in [0.1, 0.15) is 0 Å². The fourth-order valence-corrected chi connectivity index (χ4v) is 3.59. The van der Waals surface area contributed by atoms with E-state index in [1.165, 1.54) is 38.5 Å². The molecule has 98 valence electrons. The SMILES string of the molecule is CCCC1CCC(C2CCC(C)OC2=O)CC1. The van der Waals surface area contributed by atoms with E-state index in [0.717, 1.165) is 18.8 Å². The van der Waals surface area contributed by atoms with E-state index >= 15 is 0 Å². The topological polar surface area (TPSA) is 26.3 Å². The smallest absolute Gasteiger partial charge is 0.309 e. The highest BCUT2D eigenvalue weighted by Gasteiger charge is 2.36. The number of cyclic esters (lactones) is 1. The van der Waals surface area contributed by atoms with Crippen molar-refractivity contribution in [2.24, 2.45) is 17.8 Å². The molecule has 0 aromatic carbocycles. The van der Waals surface area contributed by atoms with Crippen LogP contribution in [0.25, 0.3) is 0 Å². The third-order valence-electron chi connectivity index (χ3n) is 4.66. The molecule has 0 N–H and O–H groups in total. The first-order valence-electron chi connectivity index (χ1n) is 7.41. The molecule has 2 rings (SSSR count). The monoisotopic (exact) mass is 238 g/mol. The summed E-state index contributed by atoms with van der Waals surface area (Å²) in [4.78, 5) is 11.9. The van der Waals surface area contributed by atoms with Crippen LogP contribution in [-0.2, 0) is 9.53 Å². The van der Waals surface area contributed by atoms with Crippen LogP contribution in [0.2, 0.25) is 0 Å². The second-order valence-electron chi connectivity index (χ2n) is 6.00. The van der Waals surface area contributed by atoms with E-state index in [0.29, 0.717) is 5.92 Å². The highest BCUT2D eigenvalue weighted by Crippen LogP contribution is 2.39. The lowest BCUT2D eigenvalue weighted by Gasteiger charge is -2.36. The maximum atomic E-state index is 11.9. The molecule has 2 unspecified atom stereocenters. The van der Waals surface area contributed by atoms with Gasteiger partial charge in [0.15, 0.2) is 0 Å². The summed E-state index contributed by atoms with van der Waals surface area (Å²) in [5, 5.41) is 0. The predicted octanol–water partition coefficient (Wildman–Crippen LogP) is 3.93. The first kappa shape index (κ1) is 12.9. The number of carbonyl (C=O) groups is 1. The van der Waals surface area contributed by atoms with Gasteiger partial charge in [-0.1, -0.05) is 32.6 Å². The van der Waals surface area contributed by atoms with Crippen LogP contribution in [0.15, 0.2) is 0 Å². The molecule has 2 nitrogen and oxygen atoms in total. The number of hydrogen-bond donors (Lipinski definition) is 0. The Labute approximate surface area is 105 Å². The van der Waals surface area contributed by atoms with Crippen molar-refractivity contribution < 1.29 is 9.53 Å². The molecule has 1 saturated heterocycles. The second kappa shape index (κ2) is 5.88. The standard InChI is InChI=1S/C15H26O2/c1-3-4-12-6-8-13(9-7-12)14-10-5-11(2)17-15(14)16/h11-14H,3-10H2,1-2H3. The molecule has 17 heavy (non-hydrogen) atoms. The van der Waals surface area contributed by atoms with Gasteiger partial charge in [0.2, 0.25) is 0 Å². The summed E-state index contributed by atoms with van der Waals surface area (Å²) in [5.74, 6) is 1.84. The van der Waals surface area contributed by atoms with Gasteiger partial charge in [-0.2, -0.15) is 0 Å². The fourth-order valence-electron chi connectivity index (χ4n) is 3.59. The van der Waals surface area contributed by atoms with Crippen molar-refractivity contribution in [2.75, 3.05) is 0 Å². The molecule has 2 fully saturated rings. The van der Waals surface area contributed by atoms with Gasteiger partial charge in [-0.25, -0.2) is 0 Å². The van der Waals surface area contributed by atoms with Crippen LogP contribution in [0.5, 0.6) is 0 Å². The molecule has 0 aromatic rings. The summed E-state index contributed by atoms with van der Waals surface area (Å²) in [5.41, 5.74) is 0. The summed E-state index contributed by atoms with van der Waals surface area (Å²) in [6.07, 6.45) is 10.1. The number of carbonyl (C=O) groups excluding carboxylic acids is 1. The van der Waals surface area contributed by atoms with E-state index in [9.17, 15) is 4.79 Å².